The van der Waals surface area contributed by atoms with Crippen molar-refractivity contribution in [1.29, 1.82) is 0 Å². The van der Waals surface area contributed by atoms with Crippen molar-refractivity contribution in [3.05, 3.63) is 0 Å². The standard InChI is InChI=1S/C11H19N5O2S/c1-18-10(17)9-16-11(12-13-14-16)19-8-7-15-5-3-2-4-6-15/h2-9H2,1H3. The molecule has 0 atom stereocenters. The van der Waals surface area contributed by atoms with Crippen LogP contribution in [-0.4, -0.2) is 63.6 Å². The van der Waals surface area contributed by atoms with Crippen molar-refractivity contribution in [1.82, 2.24) is 25.1 Å². The molecule has 1 aliphatic rings. The van der Waals surface area contributed by atoms with E-state index in [-0.39, 0.29) is 12.5 Å². The van der Waals surface area contributed by atoms with Gasteiger partial charge in [-0.25, -0.2) is 4.68 Å². The van der Waals surface area contributed by atoms with Crippen LogP contribution < -0.4 is 0 Å². The number of piperidine rings is 1. The second-order valence-corrected chi connectivity index (χ2v) is 5.51. The first-order chi connectivity index (χ1) is 9.29. The van der Waals surface area contributed by atoms with E-state index >= 15 is 0 Å². The van der Waals surface area contributed by atoms with E-state index in [1.165, 1.54) is 44.1 Å². The van der Waals surface area contributed by atoms with Gasteiger partial charge in [0.15, 0.2) is 0 Å². The minimum absolute atomic E-state index is 0.0650. The molecular weight excluding hydrogens is 266 g/mol. The van der Waals surface area contributed by atoms with E-state index in [0.717, 1.165) is 12.3 Å². The van der Waals surface area contributed by atoms with Crippen LogP contribution >= 0.6 is 11.8 Å². The predicted molar refractivity (Wildman–Crippen MR) is 70.8 cm³/mol. The molecule has 0 aliphatic carbocycles. The fraction of sp³-hybridized carbons (Fsp3) is 0.818. The molecule has 0 aromatic carbocycles. The van der Waals surface area contributed by atoms with E-state index in [4.69, 9.17) is 0 Å². The molecule has 1 fully saturated rings. The van der Waals surface area contributed by atoms with Crippen LogP contribution in [-0.2, 0) is 16.1 Å². The fourth-order valence-electron chi connectivity index (χ4n) is 2.03. The van der Waals surface area contributed by atoms with E-state index in [0.29, 0.717) is 5.16 Å². The summed E-state index contributed by atoms with van der Waals surface area (Å²) in [4.78, 5) is 13.7. The van der Waals surface area contributed by atoms with Crippen molar-refractivity contribution in [3.8, 4) is 0 Å². The number of aromatic nitrogens is 4. The summed E-state index contributed by atoms with van der Waals surface area (Å²) < 4.78 is 6.08. The van der Waals surface area contributed by atoms with Gasteiger partial charge in [-0.15, -0.1) is 5.10 Å². The Labute approximate surface area is 116 Å². The van der Waals surface area contributed by atoms with Gasteiger partial charge >= 0.3 is 5.97 Å². The third-order valence-corrected chi connectivity index (χ3v) is 4.03. The van der Waals surface area contributed by atoms with E-state index in [1.54, 1.807) is 11.8 Å². The molecule has 0 radical (unpaired) electrons. The summed E-state index contributed by atoms with van der Waals surface area (Å²) in [6.45, 7) is 3.48. The Balaban J connectivity index is 1.76. The van der Waals surface area contributed by atoms with Crippen molar-refractivity contribution in [3.63, 3.8) is 0 Å². The molecule has 106 valence electrons. The van der Waals surface area contributed by atoms with E-state index in [1.807, 2.05) is 0 Å². The summed E-state index contributed by atoms with van der Waals surface area (Å²) in [5.41, 5.74) is 0. The number of likely N-dealkylation sites (tertiary alicyclic amines) is 1. The number of ether oxygens (including phenoxy) is 1. The maximum Gasteiger partial charge on any atom is 0.327 e. The molecule has 0 N–H and O–H groups in total. The van der Waals surface area contributed by atoms with Crippen LogP contribution in [0.4, 0.5) is 0 Å². The van der Waals surface area contributed by atoms with Gasteiger partial charge in [-0.2, -0.15) is 0 Å². The number of esters is 1. The molecule has 0 amide bonds. The highest BCUT2D eigenvalue weighted by Crippen LogP contribution is 2.15. The Hall–Kier alpha value is -1.15. The van der Waals surface area contributed by atoms with Crippen LogP contribution in [0.15, 0.2) is 5.16 Å². The lowest BCUT2D eigenvalue weighted by atomic mass is 10.1. The van der Waals surface area contributed by atoms with Crippen LogP contribution in [0.25, 0.3) is 0 Å². The summed E-state index contributed by atoms with van der Waals surface area (Å²) >= 11 is 1.58. The van der Waals surface area contributed by atoms with Crippen molar-refractivity contribution in [2.45, 2.75) is 31.0 Å². The number of thioether (sulfide) groups is 1. The maximum atomic E-state index is 11.2. The molecule has 2 rings (SSSR count). The summed E-state index contributed by atoms with van der Waals surface area (Å²) in [6, 6.07) is 0. The highest BCUT2D eigenvalue weighted by molar-refractivity contribution is 7.99. The van der Waals surface area contributed by atoms with Crippen molar-refractivity contribution in [2.24, 2.45) is 0 Å². The SMILES string of the molecule is COC(=O)Cn1nnnc1SCCN1CCCCC1. The predicted octanol–water partition coefficient (Wildman–Crippen LogP) is 0.424. The fourth-order valence-corrected chi connectivity index (χ4v) is 2.91. The van der Waals surface area contributed by atoms with Crippen LogP contribution in [0.5, 0.6) is 0 Å². The molecule has 1 saturated heterocycles. The lowest BCUT2D eigenvalue weighted by molar-refractivity contribution is -0.141. The smallest absolute Gasteiger partial charge is 0.327 e. The third-order valence-electron chi connectivity index (χ3n) is 3.09. The summed E-state index contributed by atoms with van der Waals surface area (Å²) in [5, 5.41) is 12.0. The molecule has 0 spiro atoms. The van der Waals surface area contributed by atoms with Gasteiger partial charge < -0.3 is 9.64 Å². The first-order valence-electron chi connectivity index (χ1n) is 6.47. The Morgan fingerprint density at radius 2 is 2.16 bits per heavy atom. The second kappa shape index (κ2) is 7.44. The average Bonchev–Trinajstić information content (AvgIpc) is 2.87. The number of hydrogen-bond acceptors (Lipinski definition) is 7. The number of carbonyl (C=O) groups is 1. The molecular formula is C11H19N5O2S. The Bertz CT molecular complexity index is 406. The van der Waals surface area contributed by atoms with Crippen LogP contribution in [0.2, 0.25) is 0 Å². The van der Waals surface area contributed by atoms with Gasteiger partial charge in [0.25, 0.3) is 0 Å². The number of nitrogens with zero attached hydrogens (tertiary/aromatic N) is 5. The second-order valence-electron chi connectivity index (χ2n) is 4.45. The number of carbonyl (C=O) groups excluding carboxylic acids is 1. The van der Waals surface area contributed by atoms with Crippen LogP contribution in [0.3, 0.4) is 0 Å². The quantitative estimate of drug-likeness (QED) is 0.554. The minimum Gasteiger partial charge on any atom is -0.468 e. The van der Waals surface area contributed by atoms with Crippen LogP contribution in [0.1, 0.15) is 19.3 Å². The minimum atomic E-state index is -0.342. The van der Waals surface area contributed by atoms with Crippen molar-refractivity contribution < 1.29 is 9.53 Å². The van der Waals surface area contributed by atoms with Gasteiger partial charge in [0, 0.05) is 12.3 Å². The molecule has 2 heterocycles. The monoisotopic (exact) mass is 285 g/mol. The van der Waals surface area contributed by atoms with E-state index in [9.17, 15) is 4.79 Å². The molecule has 0 unspecified atom stereocenters. The normalized spacial score (nSPS) is 16.5. The topological polar surface area (TPSA) is 73.1 Å². The Morgan fingerprint density at radius 1 is 1.37 bits per heavy atom. The van der Waals surface area contributed by atoms with Gasteiger partial charge in [-0.1, -0.05) is 18.2 Å². The molecule has 19 heavy (non-hydrogen) atoms. The van der Waals surface area contributed by atoms with Crippen molar-refractivity contribution in [2.75, 3.05) is 32.5 Å². The zero-order chi connectivity index (χ0) is 13.5. The lowest BCUT2D eigenvalue weighted by Crippen LogP contribution is -2.31. The maximum absolute atomic E-state index is 11.2. The van der Waals surface area contributed by atoms with Gasteiger partial charge in [-0.3, -0.25) is 4.79 Å². The molecule has 0 bridgehead atoms. The van der Waals surface area contributed by atoms with Gasteiger partial charge in [0.2, 0.25) is 5.16 Å². The highest BCUT2D eigenvalue weighted by Gasteiger charge is 2.13. The zero-order valence-corrected chi connectivity index (χ0v) is 11.9. The molecule has 1 aliphatic heterocycles. The Kier molecular flexibility index (Phi) is 5.59. The Morgan fingerprint density at radius 3 is 2.89 bits per heavy atom. The highest BCUT2D eigenvalue weighted by atomic mass is 32.2. The lowest BCUT2D eigenvalue weighted by Gasteiger charge is -2.25. The van der Waals surface area contributed by atoms with Crippen molar-refractivity contribution >= 4 is 17.7 Å². The third kappa shape index (κ3) is 4.46. The van der Waals surface area contributed by atoms with E-state index < -0.39 is 0 Å². The number of methoxy groups -OCH3 is 1. The summed E-state index contributed by atoms with van der Waals surface area (Å²) in [5.74, 6) is 0.590. The molecule has 1 aromatic rings. The van der Waals surface area contributed by atoms with Gasteiger partial charge in [-0.05, 0) is 36.4 Å². The van der Waals surface area contributed by atoms with Gasteiger partial charge in [0.05, 0.1) is 7.11 Å². The number of hydrogen-bond donors (Lipinski definition) is 0. The molecule has 7 nitrogen and oxygen atoms in total. The summed E-state index contributed by atoms with van der Waals surface area (Å²) in [7, 11) is 1.36. The number of tetrazole rings is 1. The molecule has 8 heteroatoms. The van der Waals surface area contributed by atoms with Gasteiger partial charge in [0.1, 0.15) is 6.54 Å². The molecule has 0 saturated carbocycles. The largest absolute Gasteiger partial charge is 0.468 e. The first-order valence-corrected chi connectivity index (χ1v) is 7.46. The molecule has 1 aromatic heterocycles. The zero-order valence-electron chi connectivity index (χ0n) is 11.1. The summed E-state index contributed by atoms with van der Waals surface area (Å²) in [6.07, 6.45) is 3.94. The van der Waals surface area contributed by atoms with E-state index in [2.05, 4.69) is 25.2 Å². The first kappa shape index (κ1) is 14.3. The average molecular weight is 285 g/mol. The van der Waals surface area contributed by atoms with Crippen LogP contribution in [0, 0.1) is 0 Å². The number of rotatable bonds is 6.